The van der Waals surface area contributed by atoms with Gasteiger partial charge in [0.05, 0.1) is 5.52 Å². The Kier molecular flexibility index (Phi) is 6.12. The number of rotatable bonds is 6. The van der Waals surface area contributed by atoms with Gasteiger partial charge in [0.2, 0.25) is 5.91 Å². The summed E-state index contributed by atoms with van der Waals surface area (Å²) in [6.07, 6.45) is 3.46. The standard InChI is InChI=1S/C26H26N4O4/c31-23(27-19-8-5-9-20(16-19)30-14-6-11-24(30)32)17-34-26(33)21-15-18-7-1-2-10-22(18)28-25(21)29-12-3-4-13-29/h1-2,5,7-10,15-16H,3-4,6,11-14,17H2,(H,27,31). The number of esters is 1. The van der Waals surface area contributed by atoms with Crippen molar-refractivity contribution in [3.8, 4) is 0 Å². The van der Waals surface area contributed by atoms with E-state index < -0.39 is 18.5 Å². The van der Waals surface area contributed by atoms with Crippen LogP contribution < -0.4 is 15.1 Å². The number of benzene rings is 2. The Morgan fingerprint density at radius 1 is 0.971 bits per heavy atom. The average Bonchev–Trinajstić information content (AvgIpc) is 3.54. The van der Waals surface area contributed by atoms with Crippen molar-refractivity contribution in [1.82, 2.24) is 4.98 Å². The minimum Gasteiger partial charge on any atom is -0.452 e. The molecule has 174 valence electrons. The first-order valence-electron chi connectivity index (χ1n) is 11.6. The monoisotopic (exact) mass is 458 g/mol. The van der Waals surface area contributed by atoms with Crippen LogP contribution in [-0.2, 0) is 14.3 Å². The smallest absolute Gasteiger partial charge is 0.342 e. The van der Waals surface area contributed by atoms with E-state index in [1.54, 1.807) is 29.2 Å². The summed E-state index contributed by atoms with van der Waals surface area (Å²) in [5.74, 6) is -0.346. The first kappa shape index (κ1) is 21.9. The van der Waals surface area contributed by atoms with E-state index in [9.17, 15) is 14.4 Å². The van der Waals surface area contributed by atoms with E-state index in [-0.39, 0.29) is 5.91 Å². The zero-order chi connectivity index (χ0) is 23.5. The van der Waals surface area contributed by atoms with E-state index in [1.165, 1.54) is 0 Å². The van der Waals surface area contributed by atoms with E-state index in [0.717, 1.165) is 48.9 Å². The first-order chi connectivity index (χ1) is 16.6. The summed E-state index contributed by atoms with van der Waals surface area (Å²) < 4.78 is 5.38. The van der Waals surface area contributed by atoms with Crippen molar-refractivity contribution in [1.29, 1.82) is 0 Å². The van der Waals surface area contributed by atoms with Crippen LogP contribution in [0.25, 0.3) is 10.9 Å². The number of anilines is 3. The number of carbonyl (C=O) groups excluding carboxylic acids is 3. The lowest BCUT2D eigenvalue weighted by Gasteiger charge is -2.20. The van der Waals surface area contributed by atoms with Crippen molar-refractivity contribution >= 4 is 45.9 Å². The Bertz CT molecular complexity index is 1250. The molecular formula is C26H26N4O4. The number of hydrogen-bond acceptors (Lipinski definition) is 6. The summed E-state index contributed by atoms with van der Waals surface area (Å²) in [5, 5.41) is 3.59. The molecular weight excluding hydrogens is 432 g/mol. The summed E-state index contributed by atoms with van der Waals surface area (Å²) >= 11 is 0. The Morgan fingerprint density at radius 3 is 2.59 bits per heavy atom. The van der Waals surface area contributed by atoms with Gasteiger partial charge in [0.15, 0.2) is 6.61 Å². The summed E-state index contributed by atoms with van der Waals surface area (Å²) in [4.78, 5) is 46.0. The van der Waals surface area contributed by atoms with Crippen LogP contribution in [-0.4, -0.2) is 49.0 Å². The first-order valence-corrected chi connectivity index (χ1v) is 11.6. The normalized spacial score (nSPS) is 15.7. The van der Waals surface area contributed by atoms with E-state index >= 15 is 0 Å². The molecule has 0 saturated carbocycles. The van der Waals surface area contributed by atoms with Crippen LogP contribution in [0, 0.1) is 0 Å². The third kappa shape index (κ3) is 4.57. The molecule has 0 aliphatic carbocycles. The number of aromatic nitrogens is 1. The number of amides is 2. The summed E-state index contributed by atoms with van der Waals surface area (Å²) in [5.41, 5.74) is 2.47. The second kappa shape index (κ2) is 9.51. The predicted molar refractivity (Wildman–Crippen MR) is 130 cm³/mol. The summed E-state index contributed by atoms with van der Waals surface area (Å²) in [6.45, 7) is 1.93. The molecule has 1 aromatic heterocycles. The van der Waals surface area contributed by atoms with Gasteiger partial charge in [-0.1, -0.05) is 24.3 Å². The highest BCUT2D eigenvalue weighted by Crippen LogP contribution is 2.27. The van der Waals surface area contributed by atoms with Gasteiger partial charge in [0, 0.05) is 42.8 Å². The fraction of sp³-hybridized carbons (Fsp3) is 0.308. The number of nitrogens with zero attached hydrogens (tertiary/aromatic N) is 3. The lowest BCUT2D eigenvalue weighted by atomic mass is 10.1. The molecule has 2 fully saturated rings. The molecule has 2 saturated heterocycles. The molecule has 5 rings (SSSR count). The van der Waals surface area contributed by atoms with Crippen molar-refractivity contribution in [2.24, 2.45) is 0 Å². The van der Waals surface area contributed by atoms with Crippen molar-refractivity contribution in [2.45, 2.75) is 25.7 Å². The quantitative estimate of drug-likeness (QED) is 0.566. The molecule has 0 spiro atoms. The van der Waals surface area contributed by atoms with E-state index in [4.69, 9.17) is 9.72 Å². The maximum atomic E-state index is 13.0. The Balaban J connectivity index is 1.27. The molecule has 3 heterocycles. The maximum absolute atomic E-state index is 13.0. The molecule has 8 heteroatoms. The van der Waals surface area contributed by atoms with Gasteiger partial charge in [-0.15, -0.1) is 0 Å². The van der Waals surface area contributed by atoms with Crippen LogP contribution in [0.15, 0.2) is 54.6 Å². The number of nitrogens with one attached hydrogen (secondary N) is 1. The van der Waals surface area contributed by atoms with E-state index in [0.29, 0.717) is 30.0 Å². The molecule has 8 nitrogen and oxygen atoms in total. The second-order valence-corrected chi connectivity index (χ2v) is 8.57. The van der Waals surface area contributed by atoms with Crippen molar-refractivity contribution in [2.75, 3.05) is 41.4 Å². The van der Waals surface area contributed by atoms with Gasteiger partial charge in [0.1, 0.15) is 11.4 Å². The summed E-state index contributed by atoms with van der Waals surface area (Å²) in [6, 6.07) is 16.5. The van der Waals surface area contributed by atoms with Gasteiger partial charge in [-0.3, -0.25) is 9.59 Å². The molecule has 0 radical (unpaired) electrons. The van der Waals surface area contributed by atoms with Crippen LogP contribution in [0.5, 0.6) is 0 Å². The van der Waals surface area contributed by atoms with Crippen LogP contribution >= 0.6 is 0 Å². The van der Waals surface area contributed by atoms with Gasteiger partial charge in [0.25, 0.3) is 5.91 Å². The van der Waals surface area contributed by atoms with Crippen molar-refractivity contribution in [3.05, 3.63) is 60.2 Å². The van der Waals surface area contributed by atoms with E-state index in [2.05, 4.69) is 10.2 Å². The van der Waals surface area contributed by atoms with Crippen molar-refractivity contribution < 1.29 is 19.1 Å². The zero-order valence-corrected chi connectivity index (χ0v) is 18.8. The molecule has 0 atom stereocenters. The third-order valence-corrected chi connectivity index (χ3v) is 6.18. The maximum Gasteiger partial charge on any atom is 0.342 e. The third-order valence-electron chi connectivity index (χ3n) is 6.18. The van der Waals surface area contributed by atoms with Crippen molar-refractivity contribution in [3.63, 3.8) is 0 Å². The van der Waals surface area contributed by atoms with Crippen LogP contribution in [0.4, 0.5) is 17.2 Å². The minimum absolute atomic E-state index is 0.0789. The molecule has 2 amide bonds. The number of pyridine rings is 1. The lowest BCUT2D eigenvalue weighted by Crippen LogP contribution is -2.25. The van der Waals surface area contributed by atoms with Gasteiger partial charge >= 0.3 is 5.97 Å². The SMILES string of the molecule is O=C(COC(=O)c1cc2ccccc2nc1N1CCCC1)Nc1cccc(N2CCCC2=O)c1. The minimum atomic E-state index is -0.577. The van der Waals surface area contributed by atoms with Gasteiger partial charge in [-0.2, -0.15) is 0 Å². The van der Waals surface area contributed by atoms with E-state index in [1.807, 2.05) is 30.3 Å². The molecule has 34 heavy (non-hydrogen) atoms. The Hall–Kier alpha value is -3.94. The van der Waals surface area contributed by atoms with Gasteiger partial charge in [-0.25, -0.2) is 9.78 Å². The largest absolute Gasteiger partial charge is 0.452 e. The number of carbonyl (C=O) groups is 3. The highest BCUT2D eigenvalue weighted by molar-refractivity contribution is 6.01. The van der Waals surface area contributed by atoms with Crippen LogP contribution in [0.1, 0.15) is 36.0 Å². The number of hydrogen-bond donors (Lipinski definition) is 1. The molecule has 2 aromatic carbocycles. The predicted octanol–water partition coefficient (Wildman–Crippen LogP) is 3.76. The second-order valence-electron chi connectivity index (χ2n) is 8.57. The number of ether oxygens (including phenoxy) is 1. The highest BCUT2D eigenvalue weighted by Gasteiger charge is 2.24. The molecule has 0 bridgehead atoms. The number of para-hydroxylation sites is 1. The Morgan fingerprint density at radius 2 is 1.79 bits per heavy atom. The molecule has 2 aliphatic rings. The lowest BCUT2D eigenvalue weighted by molar-refractivity contribution is -0.119. The fourth-order valence-electron chi connectivity index (χ4n) is 4.50. The van der Waals surface area contributed by atoms with Crippen LogP contribution in [0.3, 0.4) is 0 Å². The van der Waals surface area contributed by atoms with Crippen LogP contribution in [0.2, 0.25) is 0 Å². The topological polar surface area (TPSA) is 91.8 Å². The molecule has 2 aliphatic heterocycles. The zero-order valence-electron chi connectivity index (χ0n) is 18.8. The summed E-state index contributed by atoms with van der Waals surface area (Å²) in [7, 11) is 0. The van der Waals surface area contributed by atoms with Gasteiger partial charge < -0.3 is 19.9 Å². The Labute approximate surface area is 197 Å². The molecule has 3 aromatic rings. The molecule has 1 N–H and O–H groups in total. The highest BCUT2D eigenvalue weighted by atomic mass is 16.5. The van der Waals surface area contributed by atoms with Gasteiger partial charge in [-0.05, 0) is 49.6 Å². The fourth-order valence-corrected chi connectivity index (χ4v) is 4.50. The number of fused-ring (bicyclic) bond motifs is 1. The average molecular weight is 459 g/mol. The molecule has 0 unspecified atom stereocenters.